The van der Waals surface area contributed by atoms with E-state index in [-0.39, 0.29) is 11.3 Å². The summed E-state index contributed by atoms with van der Waals surface area (Å²) in [5.41, 5.74) is 0.422. The van der Waals surface area contributed by atoms with E-state index >= 15 is 0 Å². The van der Waals surface area contributed by atoms with E-state index in [0.29, 0.717) is 0 Å². The van der Waals surface area contributed by atoms with Gasteiger partial charge in [-0.15, -0.1) is 0 Å². The number of halogens is 2. The van der Waals surface area contributed by atoms with Crippen LogP contribution in [-0.2, 0) is 10.0 Å². The van der Waals surface area contributed by atoms with Gasteiger partial charge in [0, 0.05) is 11.9 Å². The minimum absolute atomic E-state index is 0.143. The fourth-order valence-corrected chi connectivity index (χ4v) is 2.54. The zero-order valence-corrected chi connectivity index (χ0v) is 10.7. The first-order chi connectivity index (χ1) is 8.90. The standard InChI is InChI=1S/C12H10F2N2O2S/c1-8-7-9(4-5-10(8)13)16-19(17,18)12-11(14)3-2-6-15-12/h2-7,16H,1H3. The van der Waals surface area contributed by atoms with Gasteiger partial charge in [-0.1, -0.05) is 0 Å². The predicted octanol–water partition coefficient (Wildman–Crippen LogP) is 2.47. The minimum atomic E-state index is -4.13. The van der Waals surface area contributed by atoms with Crippen molar-refractivity contribution in [2.45, 2.75) is 11.9 Å². The Kier molecular flexibility index (Phi) is 3.48. The molecule has 7 heteroatoms. The lowest BCUT2D eigenvalue weighted by Gasteiger charge is -2.08. The van der Waals surface area contributed by atoms with E-state index < -0.39 is 26.7 Å². The smallest absolute Gasteiger partial charge is 0.278 e. The van der Waals surface area contributed by atoms with Crippen molar-refractivity contribution in [3.63, 3.8) is 0 Å². The molecule has 0 saturated heterocycles. The summed E-state index contributed by atoms with van der Waals surface area (Å²) in [5, 5.41) is -0.697. The Morgan fingerprint density at radius 3 is 2.53 bits per heavy atom. The first-order valence-corrected chi connectivity index (χ1v) is 6.78. The van der Waals surface area contributed by atoms with Crippen LogP contribution >= 0.6 is 0 Å². The van der Waals surface area contributed by atoms with Crippen molar-refractivity contribution in [1.29, 1.82) is 0 Å². The van der Waals surface area contributed by atoms with Crippen molar-refractivity contribution in [2.75, 3.05) is 4.72 Å². The molecule has 0 bridgehead atoms. The van der Waals surface area contributed by atoms with Crippen LogP contribution in [0.3, 0.4) is 0 Å². The number of sulfonamides is 1. The number of aryl methyl sites for hydroxylation is 1. The Morgan fingerprint density at radius 1 is 1.16 bits per heavy atom. The molecular formula is C12H10F2N2O2S. The Bertz CT molecular complexity index is 717. The molecule has 1 aromatic carbocycles. The van der Waals surface area contributed by atoms with E-state index in [1.807, 2.05) is 0 Å². The number of aromatic nitrogens is 1. The van der Waals surface area contributed by atoms with Gasteiger partial charge in [0.05, 0.1) is 0 Å². The minimum Gasteiger partial charge on any atom is -0.278 e. The summed E-state index contributed by atoms with van der Waals surface area (Å²) >= 11 is 0. The molecule has 4 nitrogen and oxygen atoms in total. The van der Waals surface area contributed by atoms with Gasteiger partial charge in [0.1, 0.15) is 5.82 Å². The van der Waals surface area contributed by atoms with Crippen molar-refractivity contribution < 1.29 is 17.2 Å². The van der Waals surface area contributed by atoms with Crippen molar-refractivity contribution in [3.05, 3.63) is 53.7 Å². The SMILES string of the molecule is Cc1cc(NS(=O)(=O)c2ncccc2F)ccc1F. The third-order valence-corrected chi connectivity index (χ3v) is 3.70. The molecule has 0 atom stereocenters. The number of nitrogens with one attached hydrogen (secondary N) is 1. The molecule has 0 spiro atoms. The zero-order chi connectivity index (χ0) is 14.0. The Morgan fingerprint density at radius 2 is 1.89 bits per heavy atom. The zero-order valence-electron chi connectivity index (χ0n) is 9.89. The van der Waals surface area contributed by atoms with Crippen LogP contribution in [0.15, 0.2) is 41.6 Å². The first-order valence-electron chi connectivity index (χ1n) is 5.29. The van der Waals surface area contributed by atoms with E-state index in [4.69, 9.17) is 0 Å². The highest BCUT2D eigenvalue weighted by Gasteiger charge is 2.20. The van der Waals surface area contributed by atoms with Gasteiger partial charge in [-0.05, 0) is 42.8 Å². The highest BCUT2D eigenvalue weighted by molar-refractivity contribution is 7.92. The molecule has 0 aliphatic heterocycles. The molecule has 100 valence electrons. The molecule has 1 heterocycles. The first kappa shape index (κ1) is 13.4. The lowest BCUT2D eigenvalue weighted by molar-refractivity contribution is 0.556. The highest BCUT2D eigenvalue weighted by Crippen LogP contribution is 2.18. The quantitative estimate of drug-likeness (QED) is 0.942. The maximum absolute atomic E-state index is 13.4. The molecule has 1 N–H and O–H groups in total. The van der Waals surface area contributed by atoms with Crippen LogP contribution < -0.4 is 4.72 Å². The van der Waals surface area contributed by atoms with Crippen LogP contribution in [-0.4, -0.2) is 13.4 Å². The summed E-state index contributed by atoms with van der Waals surface area (Å²) in [6.45, 7) is 1.49. The molecule has 2 rings (SSSR count). The summed E-state index contributed by atoms with van der Waals surface area (Å²) in [6, 6.07) is 5.98. The third kappa shape index (κ3) is 2.87. The van der Waals surface area contributed by atoms with Gasteiger partial charge in [-0.25, -0.2) is 13.8 Å². The summed E-state index contributed by atoms with van der Waals surface area (Å²) in [6.07, 6.45) is 1.17. The molecule has 0 aliphatic carbocycles. The van der Waals surface area contributed by atoms with Crippen LogP contribution in [0, 0.1) is 18.6 Å². The molecular weight excluding hydrogens is 274 g/mol. The maximum atomic E-state index is 13.4. The Labute approximate surface area is 109 Å². The van der Waals surface area contributed by atoms with E-state index in [9.17, 15) is 17.2 Å². The number of pyridine rings is 1. The lowest BCUT2D eigenvalue weighted by Crippen LogP contribution is -2.16. The van der Waals surface area contributed by atoms with E-state index in [1.54, 1.807) is 0 Å². The molecule has 0 aliphatic rings. The lowest BCUT2D eigenvalue weighted by atomic mass is 10.2. The fourth-order valence-electron chi connectivity index (χ4n) is 1.48. The number of rotatable bonds is 3. The van der Waals surface area contributed by atoms with Crippen LogP contribution in [0.1, 0.15) is 5.56 Å². The molecule has 0 saturated carbocycles. The summed E-state index contributed by atoms with van der Waals surface area (Å²) in [7, 11) is -4.13. The van der Waals surface area contributed by atoms with Crippen LogP contribution in [0.2, 0.25) is 0 Å². The number of benzene rings is 1. The second-order valence-electron chi connectivity index (χ2n) is 3.86. The topological polar surface area (TPSA) is 59.1 Å². The molecule has 0 unspecified atom stereocenters. The average Bonchev–Trinajstić information content (AvgIpc) is 2.34. The van der Waals surface area contributed by atoms with Crippen LogP contribution in [0.25, 0.3) is 0 Å². The molecule has 0 amide bonds. The second-order valence-corrected chi connectivity index (χ2v) is 5.46. The second kappa shape index (κ2) is 4.93. The number of nitrogens with zero attached hydrogens (tertiary/aromatic N) is 1. The van der Waals surface area contributed by atoms with Gasteiger partial charge in [-0.3, -0.25) is 4.72 Å². The molecule has 19 heavy (non-hydrogen) atoms. The van der Waals surface area contributed by atoms with Gasteiger partial charge in [0.15, 0.2) is 5.82 Å². The molecule has 0 fully saturated rings. The summed E-state index contributed by atoms with van der Waals surface area (Å²) in [5.74, 6) is -1.40. The number of hydrogen-bond donors (Lipinski definition) is 1. The van der Waals surface area contributed by atoms with Gasteiger partial charge < -0.3 is 0 Å². The van der Waals surface area contributed by atoms with Crippen molar-refractivity contribution in [3.8, 4) is 0 Å². The van der Waals surface area contributed by atoms with Gasteiger partial charge >= 0.3 is 0 Å². The Hall–Kier alpha value is -2.02. The van der Waals surface area contributed by atoms with E-state index in [0.717, 1.165) is 12.1 Å². The van der Waals surface area contributed by atoms with Gasteiger partial charge in [-0.2, -0.15) is 8.42 Å². The maximum Gasteiger partial charge on any atom is 0.282 e. The highest BCUT2D eigenvalue weighted by atomic mass is 32.2. The number of hydrogen-bond acceptors (Lipinski definition) is 3. The van der Waals surface area contributed by atoms with E-state index in [2.05, 4.69) is 9.71 Å². The molecule has 1 aromatic heterocycles. The largest absolute Gasteiger partial charge is 0.282 e. The fraction of sp³-hybridized carbons (Fsp3) is 0.0833. The van der Waals surface area contributed by atoms with Gasteiger partial charge in [0.25, 0.3) is 10.0 Å². The van der Waals surface area contributed by atoms with Crippen molar-refractivity contribution in [2.24, 2.45) is 0 Å². The predicted molar refractivity (Wildman–Crippen MR) is 66.1 cm³/mol. The normalized spacial score (nSPS) is 11.3. The van der Waals surface area contributed by atoms with Gasteiger partial charge in [0.2, 0.25) is 5.03 Å². The molecule has 0 radical (unpaired) electrons. The third-order valence-electron chi connectivity index (χ3n) is 2.39. The Balaban J connectivity index is 2.37. The monoisotopic (exact) mass is 284 g/mol. The van der Waals surface area contributed by atoms with E-state index in [1.165, 1.54) is 31.3 Å². The number of anilines is 1. The van der Waals surface area contributed by atoms with Crippen LogP contribution in [0.4, 0.5) is 14.5 Å². The van der Waals surface area contributed by atoms with Crippen molar-refractivity contribution in [1.82, 2.24) is 4.98 Å². The van der Waals surface area contributed by atoms with Crippen LogP contribution in [0.5, 0.6) is 0 Å². The summed E-state index contributed by atoms with van der Waals surface area (Å²) in [4.78, 5) is 3.49. The summed E-state index contributed by atoms with van der Waals surface area (Å²) < 4.78 is 52.4. The molecule has 2 aromatic rings. The van der Waals surface area contributed by atoms with Crippen molar-refractivity contribution >= 4 is 15.7 Å². The average molecular weight is 284 g/mol.